The smallest absolute Gasteiger partial charge is 0.422 e. The average Bonchev–Trinajstić information content (AvgIpc) is 3.52. The van der Waals surface area contributed by atoms with Crippen molar-refractivity contribution in [3.8, 4) is 6.01 Å². The maximum Gasteiger partial charge on any atom is 0.422 e. The number of nitrogens with one attached hydrogen (secondary N) is 2. The monoisotopic (exact) mass is 649 g/mol. The SMILES string of the molecule is CCn1ccc(C(=O)N2CCN(c3cccc(CNc4nc(Nc5cccc(C(F)(F)F)c5)nc(OCC(F)(F)F)n4)c3)CC2)n1. The number of halogens is 6. The van der Waals surface area contributed by atoms with E-state index in [9.17, 15) is 31.1 Å². The molecule has 0 unspecified atom stereocenters. The lowest BCUT2D eigenvalue weighted by atomic mass is 10.1. The maximum absolute atomic E-state index is 13.2. The number of aromatic nitrogens is 5. The highest BCUT2D eigenvalue weighted by atomic mass is 19.4. The summed E-state index contributed by atoms with van der Waals surface area (Å²) in [5, 5.41) is 9.77. The number of hydrogen-bond donors (Lipinski definition) is 2. The predicted octanol–water partition coefficient (Wildman–Crippen LogP) is 5.37. The summed E-state index contributed by atoms with van der Waals surface area (Å²) in [5.74, 6) is -0.607. The molecule has 1 fully saturated rings. The largest absolute Gasteiger partial charge is 0.454 e. The van der Waals surface area contributed by atoms with Crippen molar-refractivity contribution in [3.05, 3.63) is 77.6 Å². The molecule has 17 heteroatoms. The van der Waals surface area contributed by atoms with Gasteiger partial charge in [-0.15, -0.1) is 0 Å². The minimum absolute atomic E-state index is 0.0427. The number of amides is 1. The Bertz CT molecular complexity index is 1650. The second kappa shape index (κ2) is 13.5. The van der Waals surface area contributed by atoms with Crippen LogP contribution in [0.3, 0.4) is 0 Å². The van der Waals surface area contributed by atoms with E-state index in [0.29, 0.717) is 38.4 Å². The van der Waals surface area contributed by atoms with Gasteiger partial charge in [-0.3, -0.25) is 9.48 Å². The predicted molar refractivity (Wildman–Crippen MR) is 156 cm³/mol. The fourth-order valence-corrected chi connectivity index (χ4v) is 4.63. The number of rotatable bonds is 10. The van der Waals surface area contributed by atoms with Gasteiger partial charge in [0.2, 0.25) is 11.9 Å². The summed E-state index contributed by atoms with van der Waals surface area (Å²) >= 11 is 0. The van der Waals surface area contributed by atoms with Crippen LogP contribution in [0.5, 0.6) is 6.01 Å². The molecular weight excluding hydrogens is 620 g/mol. The molecule has 5 rings (SSSR count). The molecule has 2 N–H and O–H groups in total. The molecular formula is C29H29F6N9O2. The van der Waals surface area contributed by atoms with E-state index in [1.165, 1.54) is 12.1 Å². The topological polar surface area (TPSA) is 113 Å². The van der Waals surface area contributed by atoms with Gasteiger partial charge in [0.05, 0.1) is 5.56 Å². The quantitative estimate of drug-likeness (QED) is 0.219. The van der Waals surface area contributed by atoms with Crippen molar-refractivity contribution < 1.29 is 35.9 Å². The molecule has 1 saturated heterocycles. The minimum Gasteiger partial charge on any atom is -0.454 e. The second-order valence-corrected chi connectivity index (χ2v) is 10.2. The summed E-state index contributed by atoms with van der Waals surface area (Å²) in [6.45, 7) is 3.28. The second-order valence-electron chi connectivity index (χ2n) is 10.2. The van der Waals surface area contributed by atoms with Gasteiger partial charge in [-0.25, -0.2) is 0 Å². The van der Waals surface area contributed by atoms with E-state index < -0.39 is 30.5 Å². The van der Waals surface area contributed by atoms with Gasteiger partial charge >= 0.3 is 18.4 Å². The summed E-state index contributed by atoms with van der Waals surface area (Å²) in [6, 6.07) is 12.7. The van der Waals surface area contributed by atoms with Crippen LogP contribution in [0.15, 0.2) is 60.8 Å². The van der Waals surface area contributed by atoms with Gasteiger partial charge in [-0.05, 0) is 48.9 Å². The molecule has 1 aliphatic rings. The Hall–Kier alpha value is -5.09. The molecule has 2 aromatic heterocycles. The van der Waals surface area contributed by atoms with Crippen molar-refractivity contribution in [1.82, 2.24) is 29.6 Å². The first-order valence-electron chi connectivity index (χ1n) is 14.2. The number of aryl methyl sites for hydroxylation is 1. The van der Waals surface area contributed by atoms with Gasteiger partial charge < -0.3 is 25.2 Å². The van der Waals surface area contributed by atoms with Crippen LogP contribution in [-0.4, -0.2) is 74.5 Å². The third-order valence-electron chi connectivity index (χ3n) is 6.90. The van der Waals surface area contributed by atoms with Crippen molar-refractivity contribution in [2.45, 2.75) is 32.4 Å². The number of nitrogens with zero attached hydrogens (tertiary/aromatic N) is 7. The van der Waals surface area contributed by atoms with Crippen molar-refractivity contribution in [1.29, 1.82) is 0 Å². The Labute approximate surface area is 259 Å². The van der Waals surface area contributed by atoms with Gasteiger partial charge in [-0.1, -0.05) is 18.2 Å². The molecule has 46 heavy (non-hydrogen) atoms. The molecule has 0 spiro atoms. The summed E-state index contributed by atoms with van der Waals surface area (Å²) < 4.78 is 84.2. The fourth-order valence-electron chi connectivity index (χ4n) is 4.63. The number of anilines is 4. The first-order chi connectivity index (χ1) is 21.9. The number of ether oxygens (including phenoxy) is 1. The Morgan fingerprint density at radius 3 is 2.35 bits per heavy atom. The lowest BCUT2D eigenvalue weighted by Crippen LogP contribution is -2.49. The molecule has 1 amide bonds. The Morgan fingerprint density at radius 2 is 1.65 bits per heavy atom. The van der Waals surface area contributed by atoms with Crippen molar-refractivity contribution >= 4 is 29.2 Å². The number of piperazine rings is 1. The first-order valence-corrected chi connectivity index (χ1v) is 14.2. The van der Waals surface area contributed by atoms with Gasteiger partial charge in [-0.2, -0.15) is 46.4 Å². The maximum atomic E-state index is 13.2. The zero-order valence-corrected chi connectivity index (χ0v) is 24.4. The zero-order valence-electron chi connectivity index (χ0n) is 24.4. The fraction of sp³-hybridized carbons (Fsp3) is 0.345. The van der Waals surface area contributed by atoms with Crippen LogP contribution in [0.4, 0.5) is 49.6 Å². The molecule has 0 saturated carbocycles. The molecule has 11 nitrogen and oxygen atoms in total. The van der Waals surface area contributed by atoms with Crippen LogP contribution in [0, 0.1) is 0 Å². The van der Waals surface area contributed by atoms with Gasteiger partial charge in [0.15, 0.2) is 6.61 Å². The van der Waals surface area contributed by atoms with E-state index in [2.05, 4.69) is 35.6 Å². The molecule has 0 bridgehead atoms. The number of alkyl halides is 6. The molecule has 0 atom stereocenters. The summed E-state index contributed by atoms with van der Waals surface area (Å²) in [5.41, 5.74) is 1.11. The standard InChI is InChI=1S/C29H29F6N9O2/c1-2-44-10-9-23(41-44)24(45)43-13-11-42(12-14-43)22-8-3-5-19(15-22)17-36-25-38-26(40-27(39-25)46-18-28(30,31)32)37-21-7-4-6-20(16-21)29(33,34)35/h3-10,15-16H,2,11-14,17-18H2,1H3,(H2,36,37,38,39,40). The van der Waals surface area contributed by atoms with Crippen LogP contribution in [0.2, 0.25) is 0 Å². The number of carbonyl (C=O) groups excluding carboxylic acids is 1. The van der Waals surface area contributed by atoms with E-state index in [-0.39, 0.29) is 30.0 Å². The highest BCUT2D eigenvalue weighted by Crippen LogP contribution is 2.31. The van der Waals surface area contributed by atoms with Crippen molar-refractivity contribution in [2.75, 3.05) is 48.3 Å². The summed E-state index contributed by atoms with van der Waals surface area (Å²) in [7, 11) is 0. The average molecular weight is 650 g/mol. The van der Waals surface area contributed by atoms with E-state index in [0.717, 1.165) is 23.4 Å². The van der Waals surface area contributed by atoms with E-state index in [1.54, 1.807) is 21.8 Å². The number of carbonyl (C=O) groups is 1. The third kappa shape index (κ3) is 8.54. The highest BCUT2D eigenvalue weighted by Gasteiger charge is 2.31. The molecule has 0 aliphatic carbocycles. The van der Waals surface area contributed by atoms with Gasteiger partial charge in [0.25, 0.3) is 5.91 Å². The van der Waals surface area contributed by atoms with Crippen LogP contribution in [-0.2, 0) is 19.3 Å². The van der Waals surface area contributed by atoms with E-state index in [4.69, 9.17) is 4.74 Å². The molecule has 1 aliphatic heterocycles. The van der Waals surface area contributed by atoms with Crippen molar-refractivity contribution in [2.24, 2.45) is 0 Å². The Morgan fingerprint density at radius 1 is 0.913 bits per heavy atom. The molecule has 3 heterocycles. The van der Waals surface area contributed by atoms with Crippen LogP contribution in [0.25, 0.3) is 0 Å². The van der Waals surface area contributed by atoms with Gasteiger partial charge in [0, 0.05) is 56.8 Å². The van der Waals surface area contributed by atoms with E-state index in [1.807, 2.05) is 31.2 Å². The third-order valence-corrected chi connectivity index (χ3v) is 6.90. The Balaban J connectivity index is 1.25. The highest BCUT2D eigenvalue weighted by molar-refractivity contribution is 5.92. The molecule has 244 valence electrons. The minimum atomic E-state index is -4.67. The van der Waals surface area contributed by atoms with Crippen molar-refractivity contribution in [3.63, 3.8) is 0 Å². The molecule has 2 aromatic carbocycles. The molecule has 4 aromatic rings. The van der Waals surface area contributed by atoms with Gasteiger partial charge in [0.1, 0.15) is 5.69 Å². The number of benzene rings is 2. The first kappa shape index (κ1) is 32.3. The summed E-state index contributed by atoms with van der Waals surface area (Å²) in [4.78, 5) is 28.5. The number of hydrogen-bond acceptors (Lipinski definition) is 9. The van der Waals surface area contributed by atoms with Crippen LogP contribution < -0.4 is 20.3 Å². The van der Waals surface area contributed by atoms with E-state index >= 15 is 0 Å². The Kier molecular flexibility index (Phi) is 9.48. The summed E-state index contributed by atoms with van der Waals surface area (Å²) in [6.07, 6.45) is -7.51. The van der Waals surface area contributed by atoms with Crippen LogP contribution >= 0.6 is 0 Å². The zero-order chi connectivity index (χ0) is 32.9. The normalized spacial score (nSPS) is 13.9. The molecule has 0 radical (unpaired) electrons. The van der Waals surface area contributed by atoms with Crippen LogP contribution in [0.1, 0.15) is 28.5 Å². The lowest BCUT2D eigenvalue weighted by Gasteiger charge is -2.36. The lowest BCUT2D eigenvalue weighted by molar-refractivity contribution is -0.154.